The van der Waals surface area contributed by atoms with Crippen molar-refractivity contribution in [3.63, 3.8) is 0 Å². The van der Waals surface area contributed by atoms with Crippen molar-refractivity contribution in [2.45, 2.75) is 179 Å². The fraction of sp³-hybridized carbons (Fsp3) is 0.717. The summed E-state index contributed by atoms with van der Waals surface area (Å²) in [5, 5.41) is 18.7. The molecule has 2 aliphatic rings. The molecule has 0 aromatic carbocycles. The number of aromatic amines is 1. The SMILES string of the molecule is CCCCC(CC)C(=O)Nc1[nH]c(/N=C2/C(C#N)=C(C(=O)OC3C(C(C)(C)C)CC(C)CC3C(C)(C)C)c3nc(C(C)(C)C)nn32)c(C(C)C)c1C(=O)OC(C)(C)C. The number of aromatic nitrogens is 4. The fourth-order valence-electron chi connectivity index (χ4n) is 8.31. The number of fused-ring (bicyclic) bond motifs is 1. The number of carbonyl (C=O) groups is 3. The third kappa shape index (κ3) is 10.1. The van der Waals surface area contributed by atoms with Gasteiger partial charge in [-0.05, 0) is 69.1 Å². The first-order valence-corrected chi connectivity index (χ1v) is 21.4. The van der Waals surface area contributed by atoms with Gasteiger partial charge in [0.05, 0.1) is 0 Å². The van der Waals surface area contributed by atoms with Gasteiger partial charge in [0.25, 0.3) is 0 Å². The molecule has 3 unspecified atom stereocenters. The van der Waals surface area contributed by atoms with Gasteiger partial charge in [-0.15, -0.1) is 5.10 Å². The van der Waals surface area contributed by atoms with Gasteiger partial charge in [-0.1, -0.05) is 110 Å². The number of allylic oxidation sites excluding steroid dienone is 1. The maximum Gasteiger partial charge on any atom is 0.343 e. The van der Waals surface area contributed by atoms with Gasteiger partial charge >= 0.3 is 11.9 Å². The lowest BCUT2D eigenvalue weighted by Gasteiger charge is -2.50. The molecule has 2 aromatic heterocycles. The number of anilines is 1. The van der Waals surface area contributed by atoms with Crippen molar-refractivity contribution >= 4 is 40.9 Å². The van der Waals surface area contributed by atoms with Crippen LogP contribution in [0, 0.1) is 45.8 Å². The van der Waals surface area contributed by atoms with E-state index in [1.807, 2.05) is 41.5 Å². The molecule has 1 aliphatic carbocycles. The lowest BCUT2D eigenvalue weighted by molar-refractivity contribution is -0.162. The molecule has 4 rings (SSSR count). The van der Waals surface area contributed by atoms with Crippen molar-refractivity contribution in [1.82, 2.24) is 19.7 Å². The molecule has 0 radical (unpaired) electrons. The molecule has 0 spiro atoms. The minimum atomic E-state index is -0.826. The Morgan fingerprint density at radius 3 is 2.02 bits per heavy atom. The van der Waals surface area contributed by atoms with Crippen LogP contribution in [0.4, 0.5) is 11.6 Å². The van der Waals surface area contributed by atoms with E-state index in [4.69, 9.17) is 24.5 Å². The summed E-state index contributed by atoms with van der Waals surface area (Å²) in [6.45, 7) is 34.6. The molecule has 320 valence electrons. The minimum Gasteiger partial charge on any atom is -0.458 e. The number of aliphatic imine (C=N–C) groups is 1. The first-order valence-electron chi connectivity index (χ1n) is 21.4. The molecule has 58 heavy (non-hydrogen) atoms. The number of H-pyrrole nitrogens is 1. The number of ether oxygens (including phenoxy) is 2. The molecule has 1 fully saturated rings. The molecule has 12 heteroatoms. The Hall–Kier alpha value is -4.27. The van der Waals surface area contributed by atoms with Gasteiger partial charge < -0.3 is 19.8 Å². The summed E-state index contributed by atoms with van der Waals surface area (Å²) in [6, 6.07) is 2.25. The normalized spacial score (nSPS) is 21.6. The number of nitrogens with zero attached hydrogens (tertiary/aromatic N) is 5. The number of unbranched alkanes of at least 4 members (excludes halogenated alkanes) is 1. The van der Waals surface area contributed by atoms with E-state index < -0.39 is 29.1 Å². The molecule has 1 aliphatic heterocycles. The summed E-state index contributed by atoms with van der Waals surface area (Å²) in [7, 11) is 0. The topological polar surface area (TPSA) is 164 Å². The fourth-order valence-corrected chi connectivity index (χ4v) is 8.31. The molecular weight excluding hydrogens is 731 g/mol. The van der Waals surface area contributed by atoms with Crippen molar-refractivity contribution in [2.75, 3.05) is 5.32 Å². The third-order valence-corrected chi connectivity index (χ3v) is 11.5. The Morgan fingerprint density at radius 1 is 0.966 bits per heavy atom. The van der Waals surface area contributed by atoms with Crippen molar-refractivity contribution in [3.05, 3.63) is 28.3 Å². The van der Waals surface area contributed by atoms with Gasteiger partial charge in [0.2, 0.25) is 5.91 Å². The molecule has 2 aromatic rings. The van der Waals surface area contributed by atoms with E-state index in [9.17, 15) is 19.6 Å². The second kappa shape index (κ2) is 17.1. The van der Waals surface area contributed by atoms with Crippen molar-refractivity contribution < 1.29 is 23.9 Å². The van der Waals surface area contributed by atoms with E-state index in [0.717, 1.165) is 25.7 Å². The monoisotopic (exact) mass is 802 g/mol. The van der Waals surface area contributed by atoms with Gasteiger partial charge in [-0.25, -0.2) is 19.6 Å². The lowest BCUT2D eigenvalue weighted by Crippen LogP contribution is -2.49. The maximum absolute atomic E-state index is 14.8. The zero-order valence-electron chi connectivity index (χ0n) is 38.5. The zero-order chi connectivity index (χ0) is 43.9. The Labute approximate surface area is 347 Å². The third-order valence-electron chi connectivity index (χ3n) is 11.5. The van der Waals surface area contributed by atoms with Crippen LogP contribution in [-0.2, 0) is 24.5 Å². The average Bonchev–Trinajstić information content (AvgIpc) is 3.75. The Balaban J connectivity index is 1.98. The lowest BCUT2D eigenvalue weighted by atomic mass is 9.59. The largest absolute Gasteiger partial charge is 0.458 e. The number of hydrogen-bond acceptors (Lipinski definition) is 9. The molecule has 1 amide bonds. The van der Waals surface area contributed by atoms with Gasteiger partial charge in [0, 0.05) is 28.7 Å². The summed E-state index contributed by atoms with van der Waals surface area (Å²) in [4.78, 5) is 55.7. The van der Waals surface area contributed by atoms with E-state index in [1.165, 1.54) is 4.68 Å². The highest BCUT2D eigenvalue weighted by Crippen LogP contribution is 2.50. The van der Waals surface area contributed by atoms with Crippen LogP contribution >= 0.6 is 0 Å². The summed E-state index contributed by atoms with van der Waals surface area (Å²) < 4.78 is 14.0. The molecule has 0 saturated heterocycles. The Kier molecular flexibility index (Phi) is 13.7. The van der Waals surface area contributed by atoms with Gasteiger partial charge in [-0.2, -0.15) is 9.94 Å². The standard InChI is InChI=1S/C46H71N7O5/c1-18-20-21-27(19-2)39(54)50-36-33(41(56)58-46(15,16)17)31(25(3)4)35(48-36)49-37-28(24-47)32(38-51-42(45(12,13)14)52-53(37)38)40(55)57-34-29(43(6,7)8)22-26(5)23-30(34)44(9,10)11/h25-27,29-30,34,48H,18-23H2,1-17H3,(H,50,54)/b49-37-. The Bertz CT molecular complexity index is 1940. The van der Waals surface area contributed by atoms with Crippen LogP contribution in [0.3, 0.4) is 0 Å². The van der Waals surface area contributed by atoms with Crippen LogP contribution in [0.5, 0.6) is 0 Å². The number of nitriles is 1. The summed E-state index contributed by atoms with van der Waals surface area (Å²) in [6.07, 6.45) is 4.61. The average molecular weight is 802 g/mol. The predicted octanol–water partition coefficient (Wildman–Crippen LogP) is 10.7. The zero-order valence-corrected chi connectivity index (χ0v) is 38.5. The number of hydrogen-bond donors (Lipinski definition) is 2. The van der Waals surface area contributed by atoms with Crippen LogP contribution in [0.2, 0.25) is 0 Å². The minimum absolute atomic E-state index is 0.00319. The van der Waals surface area contributed by atoms with Gasteiger partial charge in [-0.3, -0.25) is 4.79 Å². The summed E-state index contributed by atoms with van der Waals surface area (Å²) >= 11 is 0. The second-order valence-electron chi connectivity index (χ2n) is 21.1. The second-order valence-corrected chi connectivity index (χ2v) is 21.1. The molecular formula is C46H71N7O5. The summed E-state index contributed by atoms with van der Waals surface area (Å²) in [5.74, 6) is -0.325. The van der Waals surface area contributed by atoms with E-state index >= 15 is 0 Å². The number of rotatable bonds is 11. The van der Waals surface area contributed by atoms with Crippen molar-refractivity contribution in [3.8, 4) is 6.07 Å². The van der Waals surface area contributed by atoms with E-state index in [-0.39, 0.29) is 80.4 Å². The van der Waals surface area contributed by atoms with Gasteiger partial charge in [0.15, 0.2) is 17.5 Å². The summed E-state index contributed by atoms with van der Waals surface area (Å²) in [5.41, 5.74) is -1.02. The van der Waals surface area contributed by atoms with Crippen molar-refractivity contribution in [2.24, 2.45) is 39.5 Å². The van der Waals surface area contributed by atoms with E-state index in [2.05, 4.69) is 71.8 Å². The van der Waals surface area contributed by atoms with Crippen LogP contribution < -0.4 is 5.32 Å². The van der Waals surface area contributed by atoms with Crippen LogP contribution in [0.1, 0.15) is 190 Å². The molecule has 1 saturated carbocycles. The highest BCUT2D eigenvalue weighted by Gasteiger charge is 2.49. The van der Waals surface area contributed by atoms with Crippen LogP contribution in [0.25, 0.3) is 5.57 Å². The number of amides is 1. The molecule has 12 nitrogen and oxygen atoms in total. The number of nitrogens with one attached hydrogen (secondary N) is 2. The highest BCUT2D eigenvalue weighted by atomic mass is 16.6. The molecule has 0 bridgehead atoms. The molecule has 2 N–H and O–H groups in total. The highest BCUT2D eigenvalue weighted by molar-refractivity contribution is 6.30. The van der Waals surface area contributed by atoms with Crippen molar-refractivity contribution in [1.29, 1.82) is 5.26 Å². The predicted molar refractivity (Wildman–Crippen MR) is 230 cm³/mol. The van der Waals surface area contributed by atoms with Gasteiger partial charge in [0.1, 0.15) is 46.1 Å². The number of esters is 2. The Morgan fingerprint density at radius 2 is 1.55 bits per heavy atom. The van der Waals surface area contributed by atoms with Crippen LogP contribution in [-0.4, -0.2) is 55.1 Å². The molecule has 3 heterocycles. The smallest absolute Gasteiger partial charge is 0.343 e. The molecule has 3 atom stereocenters. The quantitative estimate of drug-likeness (QED) is 0.212. The van der Waals surface area contributed by atoms with Crippen LogP contribution in [0.15, 0.2) is 10.6 Å². The number of carbonyl (C=O) groups excluding carboxylic acids is 3. The van der Waals surface area contributed by atoms with E-state index in [0.29, 0.717) is 30.1 Å². The van der Waals surface area contributed by atoms with E-state index in [1.54, 1.807) is 20.8 Å². The first-order chi connectivity index (χ1) is 26.6. The first kappa shape index (κ1) is 46.4. The maximum atomic E-state index is 14.8.